The van der Waals surface area contributed by atoms with Gasteiger partial charge in [0.2, 0.25) is 0 Å². The Labute approximate surface area is 121 Å². The van der Waals surface area contributed by atoms with Crippen molar-refractivity contribution in [3.63, 3.8) is 0 Å². The number of nitro benzene ring substituents is 1. The van der Waals surface area contributed by atoms with Crippen molar-refractivity contribution in [2.75, 3.05) is 4.72 Å². The summed E-state index contributed by atoms with van der Waals surface area (Å²) in [6, 6.07) is 4.69. The van der Waals surface area contributed by atoms with Crippen LogP contribution in [0.1, 0.15) is 12.6 Å². The molecule has 0 radical (unpaired) electrons. The number of non-ortho nitro benzene ring substituents is 1. The summed E-state index contributed by atoms with van der Waals surface area (Å²) in [6.07, 6.45) is 1.60. The van der Waals surface area contributed by atoms with Crippen LogP contribution in [0.4, 0.5) is 11.4 Å². The minimum Gasteiger partial charge on any atom is -0.276 e. The summed E-state index contributed by atoms with van der Waals surface area (Å²) in [7, 11) is -3.80. The first-order valence-electron chi connectivity index (χ1n) is 6.15. The maximum Gasteiger partial charge on any atom is 0.269 e. The largest absolute Gasteiger partial charge is 0.276 e. The Bertz CT molecular complexity index is 765. The summed E-state index contributed by atoms with van der Waals surface area (Å²) in [5.41, 5.74) is 0.779. The van der Waals surface area contributed by atoms with Crippen molar-refractivity contribution in [1.29, 1.82) is 0 Å². The second kappa shape index (κ2) is 5.52. The standard InChI is InChI=1S/C12H14N4O4S/c1-3-15-8-12(9(2)13-15)14-21(19,20)11-6-4-10(5-7-11)16(17)18/h4-8,14H,3H2,1-2H3. The number of hydrogen-bond acceptors (Lipinski definition) is 5. The van der Waals surface area contributed by atoms with Gasteiger partial charge in [0.05, 0.1) is 21.2 Å². The highest BCUT2D eigenvalue weighted by Crippen LogP contribution is 2.20. The Morgan fingerprint density at radius 2 is 1.95 bits per heavy atom. The lowest BCUT2D eigenvalue weighted by molar-refractivity contribution is -0.384. The third kappa shape index (κ3) is 3.19. The van der Waals surface area contributed by atoms with Gasteiger partial charge in [0.25, 0.3) is 15.7 Å². The minimum atomic E-state index is -3.80. The average molecular weight is 310 g/mol. The van der Waals surface area contributed by atoms with Crippen LogP contribution in [0.15, 0.2) is 35.4 Å². The minimum absolute atomic E-state index is 0.0447. The third-order valence-corrected chi connectivity index (χ3v) is 4.25. The van der Waals surface area contributed by atoms with Gasteiger partial charge in [-0.25, -0.2) is 8.42 Å². The molecule has 112 valence electrons. The zero-order chi connectivity index (χ0) is 15.6. The predicted octanol–water partition coefficient (Wildman–Crippen LogP) is 1.92. The van der Waals surface area contributed by atoms with Gasteiger partial charge >= 0.3 is 0 Å². The van der Waals surface area contributed by atoms with E-state index in [9.17, 15) is 18.5 Å². The fourth-order valence-electron chi connectivity index (χ4n) is 1.73. The highest BCUT2D eigenvalue weighted by molar-refractivity contribution is 7.92. The molecule has 8 nitrogen and oxygen atoms in total. The van der Waals surface area contributed by atoms with Gasteiger partial charge < -0.3 is 0 Å². The summed E-state index contributed by atoms with van der Waals surface area (Å²) in [6.45, 7) is 4.21. The van der Waals surface area contributed by atoms with Crippen molar-refractivity contribution in [3.05, 3.63) is 46.3 Å². The highest BCUT2D eigenvalue weighted by Gasteiger charge is 2.18. The van der Waals surface area contributed by atoms with Crippen LogP contribution in [-0.4, -0.2) is 23.1 Å². The van der Waals surface area contributed by atoms with Gasteiger partial charge in [0, 0.05) is 24.9 Å². The lowest BCUT2D eigenvalue weighted by Gasteiger charge is -2.06. The van der Waals surface area contributed by atoms with E-state index in [0.717, 1.165) is 12.1 Å². The number of nitro groups is 1. The summed E-state index contributed by atoms with van der Waals surface area (Å²) in [4.78, 5) is 9.93. The van der Waals surface area contributed by atoms with Crippen LogP contribution in [0, 0.1) is 17.0 Å². The zero-order valence-corrected chi connectivity index (χ0v) is 12.3. The molecule has 1 heterocycles. The molecule has 2 rings (SSSR count). The number of aromatic nitrogens is 2. The maximum atomic E-state index is 12.2. The van der Waals surface area contributed by atoms with Crippen LogP contribution < -0.4 is 4.72 Å². The molecule has 0 fully saturated rings. The molecule has 21 heavy (non-hydrogen) atoms. The quantitative estimate of drug-likeness (QED) is 0.670. The normalized spacial score (nSPS) is 11.3. The van der Waals surface area contributed by atoms with Crippen molar-refractivity contribution < 1.29 is 13.3 Å². The van der Waals surface area contributed by atoms with Crippen molar-refractivity contribution in [1.82, 2.24) is 9.78 Å². The van der Waals surface area contributed by atoms with Crippen LogP contribution >= 0.6 is 0 Å². The first-order valence-corrected chi connectivity index (χ1v) is 7.63. The summed E-state index contributed by atoms with van der Waals surface area (Å²) < 4.78 is 28.5. The van der Waals surface area contributed by atoms with Gasteiger partial charge in [-0.2, -0.15) is 5.10 Å². The van der Waals surface area contributed by atoms with Crippen LogP contribution in [0.5, 0.6) is 0 Å². The third-order valence-electron chi connectivity index (χ3n) is 2.87. The predicted molar refractivity (Wildman–Crippen MR) is 76.5 cm³/mol. The van der Waals surface area contributed by atoms with E-state index >= 15 is 0 Å². The smallest absolute Gasteiger partial charge is 0.269 e. The van der Waals surface area contributed by atoms with Crippen molar-refractivity contribution in [2.45, 2.75) is 25.3 Å². The van der Waals surface area contributed by atoms with Crippen LogP contribution in [0.3, 0.4) is 0 Å². The van der Waals surface area contributed by atoms with Crippen molar-refractivity contribution in [3.8, 4) is 0 Å². The van der Waals surface area contributed by atoms with E-state index < -0.39 is 14.9 Å². The summed E-state index contributed by atoms with van der Waals surface area (Å²) in [5, 5.41) is 14.7. The van der Waals surface area contributed by atoms with E-state index in [1.165, 1.54) is 12.1 Å². The monoisotopic (exact) mass is 310 g/mol. The number of anilines is 1. The zero-order valence-electron chi connectivity index (χ0n) is 11.5. The summed E-state index contributed by atoms with van der Waals surface area (Å²) >= 11 is 0. The van der Waals surface area contributed by atoms with E-state index in [1.807, 2.05) is 6.92 Å². The first kappa shape index (κ1) is 15.0. The molecule has 0 amide bonds. The van der Waals surface area contributed by atoms with Crippen LogP contribution in [-0.2, 0) is 16.6 Å². The fraction of sp³-hybridized carbons (Fsp3) is 0.250. The van der Waals surface area contributed by atoms with E-state index in [1.54, 1.807) is 17.8 Å². The number of benzene rings is 1. The van der Waals surface area contributed by atoms with Gasteiger partial charge in [-0.15, -0.1) is 0 Å². The number of nitrogens with one attached hydrogen (secondary N) is 1. The van der Waals surface area contributed by atoms with Gasteiger partial charge in [-0.1, -0.05) is 0 Å². The Kier molecular flexibility index (Phi) is 3.94. The molecule has 0 aliphatic rings. The SMILES string of the molecule is CCn1cc(NS(=O)(=O)c2ccc([N+](=O)[O-])cc2)c(C)n1. The van der Waals surface area contributed by atoms with E-state index in [-0.39, 0.29) is 10.6 Å². The average Bonchev–Trinajstić information content (AvgIpc) is 2.79. The molecule has 0 aliphatic heterocycles. The molecule has 0 bridgehead atoms. The second-order valence-corrected chi connectivity index (χ2v) is 6.02. The van der Waals surface area contributed by atoms with Crippen LogP contribution in [0.2, 0.25) is 0 Å². The molecule has 1 N–H and O–H groups in total. The maximum absolute atomic E-state index is 12.2. The molecular weight excluding hydrogens is 296 g/mol. The van der Waals surface area contributed by atoms with Gasteiger partial charge in [-0.3, -0.25) is 19.5 Å². The topological polar surface area (TPSA) is 107 Å². The Balaban J connectivity index is 2.29. The molecule has 0 atom stereocenters. The van der Waals surface area contributed by atoms with Gasteiger partial charge in [0.1, 0.15) is 0 Å². The Hall–Kier alpha value is -2.42. The Morgan fingerprint density at radius 3 is 2.43 bits per heavy atom. The lowest BCUT2D eigenvalue weighted by Crippen LogP contribution is -2.13. The van der Waals surface area contributed by atoms with E-state index in [0.29, 0.717) is 17.9 Å². The molecular formula is C12H14N4O4S. The van der Waals surface area contributed by atoms with E-state index in [2.05, 4.69) is 9.82 Å². The number of hydrogen-bond donors (Lipinski definition) is 1. The lowest BCUT2D eigenvalue weighted by atomic mass is 10.3. The molecule has 1 aromatic carbocycles. The number of aryl methyl sites for hydroxylation is 2. The first-order chi connectivity index (χ1) is 9.83. The molecule has 1 aromatic heterocycles. The van der Waals surface area contributed by atoms with Gasteiger partial charge in [0.15, 0.2) is 0 Å². The summed E-state index contributed by atoms with van der Waals surface area (Å²) in [5.74, 6) is 0. The molecule has 2 aromatic rings. The van der Waals surface area contributed by atoms with Crippen molar-refractivity contribution in [2.24, 2.45) is 0 Å². The molecule has 0 aliphatic carbocycles. The molecule has 0 spiro atoms. The van der Waals surface area contributed by atoms with E-state index in [4.69, 9.17) is 0 Å². The Morgan fingerprint density at radius 1 is 1.33 bits per heavy atom. The molecule has 0 saturated carbocycles. The number of sulfonamides is 1. The highest BCUT2D eigenvalue weighted by atomic mass is 32.2. The molecule has 9 heteroatoms. The fourth-order valence-corrected chi connectivity index (χ4v) is 2.83. The molecule has 0 unspecified atom stereocenters. The second-order valence-electron chi connectivity index (χ2n) is 4.34. The number of nitrogens with zero attached hydrogens (tertiary/aromatic N) is 3. The van der Waals surface area contributed by atoms with Gasteiger partial charge in [-0.05, 0) is 26.0 Å². The van der Waals surface area contributed by atoms with Crippen LogP contribution in [0.25, 0.3) is 0 Å². The molecule has 0 saturated heterocycles. The number of rotatable bonds is 5. The van der Waals surface area contributed by atoms with Crippen molar-refractivity contribution >= 4 is 21.4 Å².